The molecule has 7 heteroatoms. The third-order valence-corrected chi connectivity index (χ3v) is 4.41. The van der Waals surface area contributed by atoms with Crippen LogP contribution in [-0.4, -0.2) is 111 Å². The Labute approximate surface area is 160 Å². The lowest BCUT2D eigenvalue weighted by Gasteiger charge is -2.38. The summed E-state index contributed by atoms with van der Waals surface area (Å²) in [7, 11) is 5.08. The monoisotopic (exact) mass is 380 g/mol. The first-order valence-corrected chi connectivity index (χ1v) is 9.79. The van der Waals surface area contributed by atoms with Gasteiger partial charge in [0, 0.05) is 21.3 Å². The van der Waals surface area contributed by atoms with E-state index in [-0.39, 0.29) is 0 Å². The van der Waals surface area contributed by atoms with Crippen LogP contribution in [0.5, 0.6) is 0 Å². The Bertz CT molecular complexity index is 245. The molecule has 26 heavy (non-hydrogen) atoms. The lowest BCUT2D eigenvalue weighted by Crippen LogP contribution is -2.54. The minimum atomic E-state index is 0.634. The van der Waals surface area contributed by atoms with E-state index in [4.69, 9.17) is 28.4 Å². The van der Waals surface area contributed by atoms with Crippen LogP contribution in [-0.2, 0) is 28.4 Å². The molecular weight excluding hydrogens is 338 g/mol. The average molecular weight is 381 g/mol. The largest absolute Gasteiger partial charge is 0.382 e. The minimum Gasteiger partial charge on any atom is -0.382 e. The van der Waals surface area contributed by atoms with Gasteiger partial charge in [0.25, 0.3) is 0 Å². The average Bonchev–Trinajstić information content (AvgIpc) is 2.65. The summed E-state index contributed by atoms with van der Waals surface area (Å²) in [5.41, 5.74) is 0. The van der Waals surface area contributed by atoms with Crippen molar-refractivity contribution >= 4 is 0 Å². The Balaban J connectivity index is 4.52. The van der Waals surface area contributed by atoms with Crippen molar-refractivity contribution in [1.82, 2.24) is 0 Å². The van der Waals surface area contributed by atoms with E-state index in [0.717, 1.165) is 50.5 Å². The van der Waals surface area contributed by atoms with E-state index >= 15 is 0 Å². The van der Waals surface area contributed by atoms with Crippen molar-refractivity contribution in [1.29, 1.82) is 0 Å². The van der Waals surface area contributed by atoms with E-state index in [1.165, 1.54) is 12.8 Å². The molecule has 0 bridgehead atoms. The zero-order chi connectivity index (χ0) is 19.3. The predicted molar refractivity (Wildman–Crippen MR) is 103 cm³/mol. The lowest BCUT2D eigenvalue weighted by atomic mass is 10.2. The Kier molecular flexibility index (Phi) is 19.3. The highest BCUT2D eigenvalue weighted by molar-refractivity contribution is 4.49. The van der Waals surface area contributed by atoms with Gasteiger partial charge in [0.2, 0.25) is 0 Å². The van der Waals surface area contributed by atoms with E-state index in [9.17, 15) is 0 Å². The van der Waals surface area contributed by atoms with Crippen molar-refractivity contribution in [2.45, 2.75) is 19.8 Å². The summed E-state index contributed by atoms with van der Waals surface area (Å²) < 4.78 is 33.3. The standard InChI is InChI=1S/C19H42NO6/c1-5-6-7-20(8-11-24-17-14-21-2,9-12-25-18-15-22-3)10-13-26-19-16-23-4/h5-19H2,1-4H3/q+1. The zero-order valence-electron chi connectivity index (χ0n) is 17.5. The predicted octanol–water partition coefficient (Wildman–Crippen LogP) is 1.59. The van der Waals surface area contributed by atoms with E-state index in [1.807, 2.05) is 0 Å². The van der Waals surface area contributed by atoms with Gasteiger partial charge in [-0.15, -0.1) is 0 Å². The number of quaternary nitrogens is 1. The first-order chi connectivity index (χ1) is 12.7. The minimum absolute atomic E-state index is 0.634. The van der Waals surface area contributed by atoms with Crippen molar-refractivity contribution in [2.75, 3.05) is 107 Å². The fraction of sp³-hybridized carbons (Fsp3) is 1.00. The molecule has 0 aromatic rings. The fourth-order valence-corrected chi connectivity index (χ4v) is 2.67. The van der Waals surface area contributed by atoms with E-state index in [0.29, 0.717) is 39.6 Å². The number of hydrogen-bond acceptors (Lipinski definition) is 6. The highest BCUT2D eigenvalue weighted by Gasteiger charge is 2.26. The fourth-order valence-electron chi connectivity index (χ4n) is 2.67. The molecule has 0 atom stereocenters. The number of methoxy groups -OCH3 is 3. The van der Waals surface area contributed by atoms with Crippen LogP contribution in [0, 0.1) is 0 Å². The second kappa shape index (κ2) is 19.5. The maximum atomic E-state index is 5.74. The summed E-state index contributed by atoms with van der Waals surface area (Å²) in [6.07, 6.45) is 2.37. The molecule has 0 rings (SSSR count). The van der Waals surface area contributed by atoms with Gasteiger partial charge < -0.3 is 32.9 Å². The Hall–Kier alpha value is -0.280. The lowest BCUT2D eigenvalue weighted by molar-refractivity contribution is -0.929. The molecule has 0 heterocycles. The summed E-state index contributed by atoms with van der Waals surface area (Å²) in [6.45, 7) is 12.2. The van der Waals surface area contributed by atoms with Crippen LogP contribution in [0.1, 0.15) is 19.8 Å². The highest BCUT2D eigenvalue weighted by Crippen LogP contribution is 2.11. The molecule has 0 fully saturated rings. The SMILES string of the molecule is CCCC[N+](CCOCCOC)(CCOCCOC)CCOCCOC. The van der Waals surface area contributed by atoms with Crippen molar-refractivity contribution in [3.8, 4) is 0 Å². The molecule has 0 unspecified atom stereocenters. The topological polar surface area (TPSA) is 55.4 Å². The normalized spacial score (nSPS) is 12.0. The van der Waals surface area contributed by atoms with Crippen LogP contribution in [0.15, 0.2) is 0 Å². The van der Waals surface area contributed by atoms with Gasteiger partial charge in [-0.3, -0.25) is 0 Å². The second-order valence-corrected chi connectivity index (χ2v) is 6.41. The van der Waals surface area contributed by atoms with Gasteiger partial charge in [0.05, 0.1) is 66.0 Å². The zero-order valence-corrected chi connectivity index (χ0v) is 17.5. The molecule has 0 saturated carbocycles. The highest BCUT2D eigenvalue weighted by atomic mass is 16.5. The number of ether oxygens (including phenoxy) is 6. The van der Waals surface area contributed by atoms with Crippen LogP contribution in [0.4, 0.5) is 0 Å². The molecule has 0 radical (unpaired) electrons. The molecule has 0 aromatic carbocycles. The molecular formula is C19H42NO6+. The third-order valence-electron chi connectivity index (χ3n) is 4.41. The summed E-state index contributed by atoms with van der Waals surface area (Å²) >= 11 is 0. The molecule has 0 aliphatic carbocycles. The van der Waals surface area contributed by atoms with Gasteiger partial charge in [-0.25, -0.2) is 0 Å². The van der Waals surface area contributed by atoms with Crippen molar-refractivity contribution in [3.05, 3.63) is 0 Å². The molecule has 0 N–H and O–H groups in total. The smallest absolute Gasteiger partial charge is 0.103 e. The molecule has 0 aliphatic rings. The maximum Gasteiger partial charge on any atom is 0.103 e. The quantitative estimate of drug-likeness (QED) is 0.223. The first-order valence-electron chi connectivity index (χ1n) is 9.79. The van der Waals surface area contributed by atoms with Crippen LogP contribution in [0.25, 0.3) is 0 Å². The van der Waals surface area contributed by atoms with Gasteiger partial charge in [-0.1, -0.05) is 13.3 Å². The van der Waals surface area contributed by atoms with Crippen molar-refractivity contribution in [2.24, 2.45) is 0 Å². The molecule has 0 saturated heterocycles. The maximum absolute atomic E-state index is 5.74. The Morgan fingerprint density at radius 3 is 1.19 bits per heavy atom. The summed E-state index contributed by atoms with van der Waals surface area (Å²) in [5, 5.41) is 0. The second-order valence-electron chi connectivity index (χ2n) is 6.41. The van der Waals surface area contributed by atoms with Crippen LogP contribution >= 0.6 is 0 Å². The molecule has 0 aliphatic heterocycles. The number of hydrogen-bond donors (Lipinski definition) is 0. The van der Waals surface area contributed by atoms with Gasteiger partial charge in [-0.05, 0) is 6.42 Å². The van der Waals surface area contributed by atoms with Gasteiger partial charge in [-0.2, -0.15) is 0 Å². The van der Waals surface area contributed by atoms with E-state index < -0.39 is 0 Å². The van der Waals surface area contributed by atoms with Gasteiger partial charge in [0.15, 0.2) is 0 Å². The van der Waals surface area contributed by atoms with Crippen molar-refractivity contribution < 1.29 is 32.9 Å². The Morgan fingerprint density at radius 1 is 0.500 bits per heavy atom. The third kappa shape index (κ3) is 14.8. The summed E-state index contributed by atoms with van der Waals surface area (Å²) in [4.78, 5) is 0. The molecule has 7 nitrogen and oxygen atoms in total. The summed E-state index contributed by atoms with van der Waals surface area (Å²) in [6, 6.07) is 0. The molecule has 0 amide bonds. The van der Waals surface area contributed by atoms with Gasteiger partial charge in [0.1, 0.15) is 19.6 Å². The molecule has 158 valence electrons. The van der Waals surface area contributed by atoms with Crippen LogP contribution < -0.4 is 0 Å². The molecule has 0 aromatic heterocycles. The number of unbranched alkanes of at least 4 members (excludes halogenated alkanes) is 1. The van der Waals surface area contributed by atoms with E-state index in [1.54, 1.807) is 21.3 Å². The summed E-state index contributed by atoms with van der Waals surface area (Å²) in [5.74, 6) is 0. The van der Waals surface area contributed by atoms with Crippen molar-refractivity contribution in [3.63, 3.8) is 0 Å². The van der Waals surface area contributed by atoms with Crippen LogP contribution in [0.2, 0.25) is 0 Å². The first kappa shape index (κ1) is 25.7. The molecule has 0 spiro atoms. The van der Waals surface area contributed by atoms with Gasteiger partial charge >= 0.3 is 0 Å². The Morgan fingerprint density at radius 2 is 0.885 bits per heavy atom. The number of rotatable bonds is 21. The van der Waals surface area contributed by atoms with E-state index in [2.05, 4.69) is 6.92 Å². The number of nitrogens with zero attached hydrogens (tertiary/aromatic N) is 1. The van der Waals surface area contributed by atoms with Crippen LogP contribution in [0.3, 0.4) is 0 Å².